The molecule has 37 heavy (non-hydrogen) atoms. The highest BCUT2D eigenvalue weighted by Gasteiger charge is 2.26. The van der Waals surface area contributed by atoms with Gasteiger partial charge in [-0.1, -0.05) is 48.5 Å². The van der Waals surface area contributed by atoms with Gasteiger partial charge in [-0.2, -0.15) is 0 Å². The van der Waals surface area contributed by atoms with Gasteiger partial charge in [0.15, 0.2) is 0 Å². The van der Waals surface area contributed by atoms with E-state index in [1.807, 2.05) is 24.3 Å². The van der Waals surface area contributed by atoms with Gasteiger partial charge in [0.1, 0.15) is 0 Å². The molecule has 5 heteroatoms. The van der Waals surface area contributed by atoms with Gasteiger partial charge < -0.3 is 15.1 Å². The second-order valence-electron chi connectivity index (χ2n) is 10.3. The van der Waals surface area contributed by atoms with Crippen molar-refractivity contribution >= 4 is 17.1 Å². The summed E-state index contributed by atoms with van der Waals surface area (Å²) in [6.07, 6.45) is 4.27. The maximum atomic E-state index is 12.4. The normalized spacial score (nSPS) is 16.3. The number of nitrogens with zero attached hydrogens (tertiary/aromatic N) is 1. The summed E-state index contributed by atoms with van der Waals surface area (Å²) in [4.78, 5) is 14.0. The minimum atomic E-state index is -0.906. The van der Waals surface area contributed by atoms with Crippen LogP contribution in [0.4, 0.5) is 4.39 Å². The van der Waals surface area contributed by atoms with Gasteiger partial charge in [-0.15, -0.1) is 0 Å². The average Bonchev–Trinajstić information content (AvgIpc) is 3.09. The van der Waals surface area contributed by atoms with Crippen LogP contribution in [0.15, 0.2) is 66.7 Å². The standard InChI is InChI=1S/C32H34FNO3/c33-14-3-15-34-19-24(20-34)16-22-8-10-25(11-9-22)31-29(26-5-1-4-23(17-26)21-35)7-2-6-27-18-28(32(36)37)12-13-30(27)31/h1,4-5,8-13,17-18,24,35H,2-3,6-7,14-16,19-21H2,(H,36,37). The Morgan fingerprint density at radius 2 is 1.76 bits per heavy atom. The summed E-state index contributed by atoms with van der Waals surface area (Å²) in [6.45, 7) is 2.68. The summed E-state index contributed by atoms with van der Waals surface area (Å²) in [6, 6.07) is 22.4. The van der Waals surface area contributed by atoms with E-state index in [2.05, 4.69) is 41.3 Å². The van der Waals surface area contributed by atoms with Crippen molar-refractivity contribution < 1.29 is 19.4 Å². The molecule has 0 aromatic heterocycles. The maximum Gasteiger partial charge on any atom is 0.335 e. The zero-order valence-electron chi connectivity index (χ0n) is 21.1. The largest absolute Gasteiger partial charge is 0.478 e. The van der Waals surface area contributed by atoms with E-state index in [4.69, 9.17) is 0 Å². The van der Waals surface area contributed by atoms with Crippen LogP contribution < -0.4 is 0 Å². The number of aliphatic hydroxyl groups is 1. The van der Waals surface area contributed by atoms with Gasteiger partial charge in [0.25, 0.3) is 0 Å². The van der Waals surface area contributed by atoms with Crippen molar-refractivity contribution in [2.45, 2.75) is 38.7 Å². The van der Waals surface area contributed by atoms with Crippen LogP contribution in [0.1, 0.15) is 63.0 Å². The van der Waals surface area contributed by atoms with Crippen LogP contribution in [0.3, 0.4) is 0 Å². The SMILES string of the molecule is O=C(O)c1ccc2c(c1)CCCC(c1cccc(CO)c1)=C2c1ccc(CC2CN(CCCF)C2)cc1. The number of allylic oxidation sites excluding steroid dienone is 1. The van der Waals surface area contributed by atoms with Crippen molar-refractivity contribution in [3.8, 4) is 0 Å². The summed E-state index contributed by atoms with van der Waals surface area (Å²) in [5, 5.41) is 19.3. The minimum Gasteiger partial charge on any atom is -0.478 e. The van der Waals surface area contributed by atoms with Crippen LogP contribution in [0.25, 0.3) is 11.1 Å². The molecule has 3 aromatic rings. The first-order valence-corrected chi connectivity index (χ1v) is 13.2. The van der Waals surface area contributed by atoms with E-state index < -0.39 is 5.97 Å². The Labute approximate surface area is 218 Å². The lowest BCUT2D eigenvalue weighted by atomic mass is 9.86. The number of hydrogen-bond acceptors (Lipinski definition) is 3. The molecule has 4 nitrogen and oxygen atoms in total. The molecule has 5 rings (SSSR count). The molecule has 0 amide bonds. The molecule has 2 aliphatic rings. The molecule has 1 fully saturated rings. The van der Waals surface area contributed by atoms with Crippen molar-refractivity contribution in [3.63, 3.8) is 0 Å². The second kappa shape index (κ2) is 11.4. The first-order valence-electron chi connectivity index (χ1n) is 13.2. The molecule has 1 aliphatic heterocycles. The predicted octanol–water partition coefficient (Wildman–Crippen LogP) is 6.01. The Balaban J connectivity index is 1.49. The quantitative estimate of drug-likeness (QED) is 0.379. The van der Waals surface area contributed by atoms with Crippen molar-refractivity contribution in [2.24, 2.45) is 5.92 Å². The van der Waals surface area contributed by atoms with E-state index in [1.165, 1.54) is 11.1 Å². The number of aromatic carboxylic acids is 1. The monoisotopic (exact) mass is 499 g/mol. The highest BCUT2D eigenvalue weighted by atomic mass is 19.1. The second-order valence-corrected chi connectivity index (χ2v) is 10.3. The van der Waals surface area contributed by atoms with E-state index in [-0.39, 0.29) is 13.3 Å². The fourth-order valence-electron chi connectivity index (χ4n) is 5.81. The summed E-state index contributed by atoms with van der Waals surface area (Å²) in [5.74, 6) is -0.286. The molecule has 0 atom stereocenters. The van der Waals surface area contributed by atoms with E-state index in [0.29, 0.717) is 17.9 Å². The summed E-state index contributed by atoms with van der Waals surface area (Å²) in [7, 11) is 0. The lowest BCUT2D eigenvalue weighted by Crippen LogP contribution is -2.47. The van der Waals surface area contributed by atoms with Crippen LogP contribution in [0.5, 0.6) is 0 Å². The number of carboxylic acids is 1. The van der Waals surface area contributed by atoms with E-state index >= 15 is 0 Å². The molecular formula is C32H34FNO3. The number of aryl methyl sites for hydroxylation is 1. The smallest absolute Gasteiger partial charge is 0.335 e. The van der Waals surface area contributed by atoms with Gasteiger partial charge in [-0.05, 0) is 101 Å². The number of benzene rings is 3. The molecule has 0 radical (unpaired) electrons. The molecular weight excluding hydrogens is 465 g/mol. The molecule has 1 heterocycles. The molecule has 192 valence electrons. The fourth-order valence-corrected chi connectivity index (χ4v) is 5.81. The van der Waals surface area contributed by atoms with Gasteiger partial charge in [0.2, 0.25) is 0 Å². The van der Waals surface area contributed by atoms with Crippen LogP contribution >= 0.6 is 0 Å². The molecule has 1 aliphatic carbocycles. The Morgan fingerprint density at radius 1 is 0.946 bits per heavy atom. The Kier molecular flexibility index (Phi) is 7.82. The zero-order valence-corrected chi connectivity index (χ0v) is 21.1. The average molecular weight is 500 g/mol. The first-order chi connectivity index (χ1) is 18.1. The topological polar surface area (TPSA) is 60.8 Å². The van der Waals surface area contributed by atoms with Gasteiger partial charge in [0, 0.05) is 19.6 Å². The Morgan fingerprint density at radius 3 is 2.49 bits per heavy atom. The van der Waals surface area contributed by atoms with E-state index in [9.17, 15) is 19.4 Å². The maximum absolute atomic E-state index is 12.4. The molecule has 0 bridgehead atoms. The molecule has 3 aromatic carbocycles. The number of fused-ring (bicyclic) bond motifs is 1. The Hall–Kier alpha value is -3.28. The lowest BCUT2D eigenvalue weighted by molar-refractivity contribution is 0.0696. The number of alkyl halides is 1. The third-order valence-electron chi connectivity index (χ3n) is 7.66. The third kappa shape index (κ3) is 5.68. The molecule has 0 unspecified atom stereocenters. The van der Waals surface area contributed by atoms with Gasteiger partial charge in [0.05, 0.1) is 18.8 Å². The number of hydrogen-bond donors (Lipinski definition) is 2. The van der Waals surface area contributed by atoms with E-state index in [0.717, 1.165) is 78.7 Å². The summed E-state index contributed by atoms with van der Waals surface area (Å²) < 4.78 is 12.4. The first kappa shape index (κ1) is 25.4. The minimum absolute atomic E-state index is 0.00389. The van der Waals surface area contributed by atoms with Gasteiger partial charge in [-0.3, -0.25) is 4.39 Å². The zero-order chi connectivity index (χ0) is 25.8. The van der Waals surface area contributed by atoms with Gasteiger partial charge in [-0.25, -0.2) is 4.79 Å². The molecule has 2 N–H and O–H groups in total. The number of aliphatic hydroxyl groups excluding tert-OH is 1. The van der Waals surface area contributed by atoms with Crippen LogP contribution in [-0.2, 0) is 19.4 Å². The van der Waals surface area contributed by atoms with Crippen molar-refractivity contribution in [1.82, 2.24) is 4.90 Å². The van der Waals surface area contributed by atoms with Crippen molar-refractivity contribution in [2.75, 3.05) is 26.3 Å². The van der Waals surface area contributed by atoms with Gasteiger partial charge >= 0.3 is 5.97 Å². The van der Waals surface area contributed by atoms with Crippen LogP contribution in [0, 0.1) is 5.92 Å². The lowest BCUT2D eigenvalue weighted by Gasteiger charge is -2.39. The predicted molar refractivity (Wildman–Crippen MR) is 145 cm³/mol. The molecule has 1 saturated heterocycles. The highest BCUT2D eigenvalue weighted by molar-refractivity contribution is 6.00. The fraction of sp³-hybridized carbons (Fsp3) is 0.344. The van der Waals surface area contributed by atoms with Crippen molar-refractivity contribution in [1.29, 1.82) is 0 Å². The van der Waals surface area contributed by atoms with E-state index in [1.54, 1.807) is 6.07 Å². The highest BCUT2D eigenvalue weighted by Crippen LogP contribution is 2.40. The molecule has 0 saturated carbocycles. The van der Waals surface area contributed by atoms with Crippen LogP contribution in [-0.4, -0.2) is 47.4 Å². The number of rotatable bonds is 9. The van der Waals surface area contributed by atoms with Crippen LogP contribution in [0.2, 0.25) is 0 Å². The van der Waals surface area contributed by atoms with Crippen molar-refractivity contribution in [3.05, 3.63) is 106 Å². The third-order valence-corrected chi connectivity index (χ3v) is 7.66. The number of carbonyl (C=O) groups is 1. The molecule has 0 spiro atoms. The summed E-state index contributed by atoms with van der Waals surface area (Å²) >= 11 is 0. The summed E-state index contributed by atoms with van der Waals surface area (Å²) in [5.41, 5.74) is 9.25. The number of likely N-dealkylation sites (tertiary alicyclic amines) is 1. The number of carboxylic acid groups (broad SMARTS) is 1. The Bertz CT molecular complexity index is 1290. The number of halogens is 1.